The molecule has 0 unspecified atom stereocenters. The van der Waals surface area contributed by atoms with Crippen LogP contribution in [0.25, 0.3) is 98.8 Å². The standard InChI is InChI=1S/C60H39NO/c1-2-14-40(15-3-1)41-28-30-44(31-29-41)50-20-8-10-26-57(50)61(47-35-32-43(33-36-47)49-22-12-23-51-48-19-7-6-16-42(48)34-37-52(49)51)58-27-11-9-21-53(58)54-24-13-25-55-56-38-45-17-4-5-18-46(45)39-59(56)62-60(54)55/h1-39H. The first-order chi connectivity index (χ1) is 30.7. The van der Waals surface area contributed by atoms with Crippen molar-refractivity contribution in [2.24, 2.45) is 0 Å². The third-order valence-electron chi connectivity index (χ3n) is 12.5. The van der Waals surface area contributed by atoms with E-state index in [1.54, 1.807) is 0 Å². The van der Waals surface area contributed by atoms with Gasteiger partial charge in [0.05, 0.1) is 11.4 Å². The topological polar surface area (TPSA) is 16.4 Å². The van der Waals surface area contributed by atoms with E-state index in [1.807, 2.05) is 0 Å². The summed E-state index contributed by atoms with van der Waals surface area (Å²) in [7, 11) is 0. The van der Waals surface area contributed by atoms with Gasteiger partial charge in [-0.1, -0.05) is 200 Å². The van der Waals surface area contributed by atoms with Crippen LogP contribution in [0.2, 0.25) is 0 Å². The van der Waals surface area contributed by atoms with Gasteiger partial charge in [-0.2, -0.15) is 0 Å². The maximum atomic E-state index is 6.84. The van der Waals surface area contributed by atoms with Crippen LogP contribution in [0.15, 0.2) is 241 Å². The minimum absolute atomic E-state index is 0.883. The first-order valence-corrected chi connectivity index (χ1v) is 21.2. The summed E-state index contributed by atoms with van der Waals surface area (Å²) >= 11 is 0. The Hall–Kier alpha value is -8.20. The lowest BCUT2D eigenvalue weighted by molar-refractivity contribution is 0.670. The molecule has 0 spiro atoms. The highest BCUT2D eigenvalue weighted by Gasteiger charge is 2.23. The zero-order valence-electron chi connectivity index (χ0n) is 33.9. The van der Waals surface area contributed by atoms with Crippen LogP contribution in [0, 0.1) is 0 Å². The molecule has 0 saturated carbocycles. The van der Waals surface area contributed by atoms with Gasteiger partial charge >= 0.3 is 0 Å². The van der Waals surface area contributed by atoms with E-state index < -0.39 is 0 Å². The maximum absolute atomic E-state index is 6.84. The van der Waals surface area contributed by atoms with Gasteiger partial charge in [-0.05, 0) is 96.5 Å². The Morgan fingerprint density at radius 3 is 1.60 bits per heavy atom. The number of benzene rings is 11. The summed E-state index contributed by atoms with van der Waals surface area (Å²) in [6.45, 7) is 0. The average Bonchev–Trinajstić information content (AvgIpc) is 3.71. The first kappa shape index (κ1) is 35.7. The smallest absolute Gasteiger partial charge is 0.143 e. The van der Waals surface area contributed by atoms with E-state index in [2.05, 4.69) is 241 Å². The van der Waals surface area contributed by atoms with Gasteiger partial charge in [0.15, 0.2) is 0 Å². The van der Waals surface area contributed by atoms with Crippen LogP contribution < -0.4 is 4.90 Å². The summed E-state index contributed by atoms with van der Waals surface area (Å²) < 4.78 is 6.84. The van der Waals surface area contributed by atoms with Gasteiger partial charge in [0.25, 0.3) is 0 Å². The highest BCUT2D eigenvalue weighted by Crippen LogP contribution is 2.47. The van der Waals surface area contributed by atoms with Gasteiger partial charge in [0, 0.05) is 33.2 Å². The summed E-state index contributed by atoms with van der Waals surface area (Å²) in [6.07, 6.45) is 0. The molecule has 1 heterocycles. The van der Waals surface area contributed by atoms with Crippen molar-refractivity contribution in [3.05, 3.63) is 237 Å². The molecule has 290 valence electrons. The quantitative estimate of drug-likeness (QED) is 0.150. The average molecular weight is 790 g/mol. The van der Waals surface area contributed by atoms with E-state index in [0.717, 1.165) is 61.3 Å². The van der Waals surface area contributed by atoms with Gasteiger partial charge in [-0.15, -0.1) is 0 Å². The second-order valence-corrected chi connectivity index (χ2v) is 16.0. The Balaban J connectivity index is 1.04. The minimum atomic E-state index is 0.883. The predicted octanol–water partition coefficient (Wildman–Crippen LogP) is 17.2. The van der Waals surface area contributed by atoms with Gasteiger partial charge in [-0.25, -0.2) is 0 Å². The van der Waals surface area contributed by atoms with Crippen molar-refractivity contribution >= 4 is 71.3 Å². The molecule has 11 aromatic carbocycles. The van der Waals surface area contributed by atoms with Gasteiger partial charge < -0.3 is 9.32 Å². The third kappa shape index (κ3) is 6.04. The Morgan fingerprint density at radius 1 is 0.274 bits per heavy atom. The SMILES string of the molecule is c1ccc(-c2ccc(-c3ccccc3N(c3ccc(-c4cccc5c4ccc4ccccc45)cc3)c3ccccc3-c3cccc4c3oc3cc5ccccc5cc34)cc2)cc1. The van der Waals surface area contributed by atoms with Crippen LogP contribution in [-0.4, -0.2) is 0 Å². The molecule has 0 saturated heterocycles. The van der Waals surface area contributed by atoms with Crippen LogP contribution in [-0.2, 0) is 0 Å². The summed E-state index contributed by atoms with van der Waals surface area (Å²) in [6, 6.07) is 85.4. The highest BCUT2D eigenvalue weighted by molar-refractivity contribution is 6.15. The molecule has 62 heavy (non-hydrogen) atoms. The second-order valence-electron chi connectivity index (χ2n) is 16.0. The molecule has 0 aliphatic rings. The Labute approximate surface area is 360 Å². The van der Waals surface area contributed by atoms with E-state index in [-0.39, 0.29) is 0 Å². The van der Waals surface area contributed by atoms with E-state index in [9.17, 15) is 0 Å². The van der Waals surface area contributed by atoms with Crippen LogP contribution in [0.1, 0.15) is 0 Å². The van der Waals surface area contributed by atoms with Crippen molar-refractivity contribution in [3.63, 3.8) is 0 Å². The summed E-state index contributed by atoms with van der Waals surface area (Å²) in [4.78, 5) is 2.42. The van der Waals surface area contributed by atoms with Crippen molar-refractivity contribution in [1.82, 2.24) is 0 Å². The number of hydrogen-bond donors (Lipinski definition) is 0. The largest absolute Gasteiger partial charge is 0.455 e. The third-order valence-corrected chi connectivity index (χ3v) is 12.5. The number of rotatable bonds is 7. The van der Waals surface area contributed by atoms with Crippen LogP contribution in [0.3, 0.4) is 0 Å². The van der Waals surface area contributed by atoms with Crippen molar-refractivity contribution in [2.75, 3.05) is 4.90 Å². The van der Waals surface area contributed by atoms with Crippen LogP contribution >= 0.6 is 0 Å². The normalized spacial score (nSPS) is 11.5. The lowest BCUT2D eigenvalue weighted by atomic mass is 9.94. The first-order valence-electron chi connectivity index (χ1n) is 21.2. The molecular weight excluding hydrogens is 751 g/mol. The molecule has 2 heteroatoms. The fourth-order valence-corrected chi connectivity index (χ4v) is 9.47. The molecule has 0 N–H and O–H groups in total. The maximum Gasteiger partial charge on any atom is 0.143 e. The minimum Gasteiger partial charge on any atom is -0.455 e. The fourth-order valence-electron chi connectivity index (χ4n) is 9.47. The van der Waals surface area contributed by atoms with E-state index in [4.69, 9.17) is 4.42 Å². The summed E-state index contributed by atoms with van der Waals surface area (Å²) in [5.74, 6) is 0. The Morgan fingerprint density at radius 2 is 0.806 bits per heavy atom. The van der Waals surface area contributed by atoms with Crippen LogP contribution in [0.5, 0.6) is 0 Å². The van der Waals surface area contributed by atoms with Crippen molar-refractivity contribution in [2.45, 2.75) is 0 Å². The van der Waals surface area contributed by atoms with E-state index in [0.29, 0.717) is 0 Å². The molecule has 0 radical (unpaired) electrons. The number of para-hydroxylation sites is 3. The van der Waals surface area contributed by atoms with Crippen LogP contribution in [0.4, 0.5) is 17.1 Å². The monoisotopic (exact) mass is 789 g/mol. The molecule has 0 atom stereocenters. The van der Waals surface area contributed by atoms with Crippen molar-refractivity contribution < 1.29 is 4.42 Å². The van der Waals surface area contributed by atoms with Gasteiger partial charge in [0.1, 0.15) is 11.2 Å². The summed E-state index contributed by atoms with van der Waals surface area (Å²) in [5, 5.41) is 9.63. The Bertz CT molecular complexity index is 3620. The molecule has 0 amide bonds. The van der Waals surface area contributed by atoms with Gasteiger partial charge in [0.2, 0.25) is 0 Å². The zero-order valence-corrected chi connectivity index (χ0v) is 33.9. The molecular formula is C60H39NO. The van der Waals surface area contributed by atoms with Crippen molar-refractivity contribution in [3.8, 4) is 44.5 Å². The lowest BCUT2D eigenvalue weighted by Crippen LogP contribution is -2.12. The molecule has 0 bridgehead atoms. The molecule has 0 aliphatic heterocycles. The number of furan rings is 1. The number of hydrogen-bond acceptors (Lipinski definition) is 2. The molecule has 0 aliphatic carbocycles. The molecule has 12 rings (SSSR count). The summed E-state index contributed by atoms with van der Waals surface area (Å²) in [5.41, 5.74) is 14.2. The fraction of sp³-hybridized carbons (Fsp3) is 0. The van der Waals surface area contributed by atoms with Gasteiger partial charge in [-0.3, -0.25) is 0 Å². The number of fused-ring (bicyclic) bond motifs is 7. The molecule has 0 fully saturated rings. The Kier molecular flexibility index (Phi) is 8.53. The lowest BCUT2D eigenvalue weighted by Gasteiger charge is -2.30. The molecule has 12 aromatic rings. The number of nitrogens with zero attached hydrogens (tertiary/aromatic N) is 1. The van der Waals surface area contributed by atoms with Crippen molar-refractivity contribution in [1.29, 1.82) is 0 Å². The van der Waals surface area contributed by atoms with E-state index >= 15 is 0 Å². The number of anilines is 3. The predicted molar refractivity (Wildman–Crippen MR) is 263 cm³/mol. The zero-order chi connectivity index (χ0) is 41.0. The molecule has 1 aromatic heterocycles. The highest BCUT2D eigenvalue weighted by atomic mass is 16.3. The second kappa shape index (κ2) is 14.8. The molecule has 2 nitrogen and oxygen atoms in total. The van der Waals surface area contributed by atoms with E-state index in [1.165, 1.54) is 54.6 Å².